The van der Waals surface area contributed by atoms with Gasteiger partial charge >= 0.3 is 0 Å². The van der Waals surface area contributed by atoms with Gasteiger partial charge in [-0.15, -0.1) is 0 Å². The van der Waals surface area contributed by atoms with Crippen molar-refractivity contribution in [2.45, 2.75) is 53.4 Å². The number of anilines is 1. The van der Waals surface area contributed by atoms with Crippen LogP contribution >= 0.6 is 0 Å². The Labute approximate surface area is 127 Å². The first-order valence-electron chi connectivity index (χ1n) is 7.49. The summed E-state index contributed by atoms with van der Waals surface area (Å²) in [7, 11) is 0. The highest BCUT2D eigenvalue weighted by molar-refractivity contribution is 5.95. The molecule has 0 N–H and O–H groups in total. The topological polar surface area (TPSA) is 29.5 Å². The van der Waals surface area contributed by atoms with Gasteiger partial charge in [-0.25, -0.2) is 0 Å². The van der Waals surface area contributed by atoms with E-state index >= 15 is 0 Å². The molecular formula is C18H25NO2. The van der Waals surface area contributed by atoms with Crippen LogP contribution in [-0.2, 0) is 9.53 Å². The average Bonchev–Trinajstić information content (AvgIpc) is 2.43. The number of hydrogen-bond donors (Lipinski definition) is 0. The minimum atomic E-state index is -0.290. The van der Waals surface area contributed by atoms with E-state index in [1.165, 1.54) is 0 Å². The normalized spacial score (nSPS) is 21.9. The van der Waals surface area contributed by atoms with E-state index in [9.17, 15) is 4.79 Å². The Morgan fingerprint density at radius 2 is 1.95 bits per heavy atom. The van der Waals surface area contributed by atoms with Crippen LogP contribution in [0.3, 0.4) is 0 Å². The van der Waals surface area contributed by atoms with Crippen LogP contribution in [0.25, 0.3) is 0 Å². The van der Waals surface area contributed by atoms with Gasteiger partial charge in [-0.3, -0.25) is 9.69 Å². The molecule has 1 aliphatic heterocycles. The molecule has 0 aromatic heterocycles. The maximum Gasteiger partial charge on any atom is 0.228 e. The minimum Gasteiger partial charge on any atom is -0.345 e. The van der Waals surface area contributed by atoms with Gasteiger partial charge in [0, 0.05) is 17.4 Å². The van der Waals surface area contributed by atoms with Gasteiger partial charge < -0.3 is 4.74 Å². The van der Waals surface area contributed by atoms with Crippen LogP contribution in [-0.4, -0.2) is 12.1 Å². The van der Waals surface area contributed by atoms with Crippen molar-refractivity contribution < 1.29 is 9.53 Å². The van der Waals surface area contributed by atoms with Crippen LogP contribution in [0.5, 0.6) is 0 Å². The van der Waals surface area contributed by atoms with E-state index in [1.54, 1.807) is 0 Å². The van der Waals surface area contributed by atoms with Crippen molar-refractivity contribution in [3.8, 4) is 0 Å². The van der Waals surface area contributed by atoms with Crippen molar-refractivity contribution in [1.82, 2.24) is 0 Å². The van der Waals surface area contributed by atoms with Gasteiger partial charge in [-0.05, 0) is 18.6 Å². The van der Waals surface area contributed by atoms with Crippen LogP contribution in [0, 0.1) is 5.41 Å². The first-order valence-corrected chi connectivity index (χ1v) is 7.49. The van der Waals surface area contributed by atoms with Gasteiger partial charge in [0.1, 0.15) is 12.3 Å². The molecule has 2 atom stereocenters. The van der Waals surface area contributed by atoms with Gasteiger partial charge in [0.25, 0.3) is 0 Å². The van der Waals surface area contributed by atoms with E-state index in [0.29, 0.717) is 6.42 Å². The summed E-state index contributed by atoms with van der Waals surface area (Å²) in [6, 6.07) is 7.96. The summed E-state index contributed by atoms with van der Waals surface area (Å²) in [5.41, 5.74) is 2.75. The fraction of sp³-hybridized carbons (Fsp3) is 0.500. The van der Waals surface area contributed by atoms with Gasteiger partial charge in [0.15, 0.2) is 0 Å². The van der Waals surface area contributed by atoms with E-state index in [2.05, 4.69) is 27.4 Å². The van der Waals surface area contributed by atoms with Crippen molar-refractivity contribution in [1.29, 1.82) is 0 Å². The monoisotopic (exact) mass is 287 g/mol. The third-order valence-corrected chi connectivity index (χ3v) is 3.74. The van der Waals surface area contributed by atoms with Gasteiger partial charge in [-0.1, -0.05) is 52.5 Å². The number of benzene rings is 1. The molecule has 3 nitrogen and oxygen atoms in total. The summed E-state index contributed by atoms with van der Waals surface area (Å²) in [6.45, 7) is 14.2. The molecule has 0 spiro atoms. The molecule has 0 saturated carbocycles. The zero-order valence-electron chi connectivity index (χ0n) is 13.6. The number of hydrogen-bond acceptors (Lipinski definition) is 2. The fourth-order valence-corrected chi connectivity index (χ4v) is 2.73. The van der Waals surface area contributed by atoms with Gasteiger partial charge in [0.2, 0.25) is 5.91 Å². The first-order chi connectivity index (χ1) is 9.77. The summed E-state index contributed by atoms with van der Waals surface area (Å²) < 4.78 is 6.28. The number of carbonyl (C=O) groups is 1. The molecule has 1 aromatic rings. The zero-order chi connectivity index (χ0) is 15.8. The quantitative estimate of drug-likeness (QED) is 0.752. The van der Waals surface area contributed by atoms with E-state index in [1.807, 2.05) is 43.0 Å². The van der Waals surface area contributed by atoms with Gasteiger partial charge in [-0.2, -0.15) is 0 Å². The first kappa shape index (κ1) is 15.8. The molecule has 1 aromatic carbocycles. The van der Waals surface area contributed by atoms with Crippen LogP contribution in [0.4, 0.5) is 5.69 Å². The molecule has 21 heavy (non-hydrogen) atoms. The molecule has 114 valence electrons. The number of para-hydroxylation sites is 1. The summed E-state index contributed by atoms with van der Waals surface area (Å²) in [4.78, 5) is 14.3. The Balaban J connectivity index is 2.61. The number of carbonyl (C=O) groups excluding carboxylic acids is 1. The number of rotatable bonds is 2. The van der Waals surface area contributed by atoms with Crippen molar-refractivity contribution in [2.75, 3.05) is 4.90 Å². The predicted octanol–water partition coefficient (Wildman–Crippen LogP) is 4.45. The molecular weight excluding hydrogens is 262 g/mol. The van der Waals surface area contributed by atoms with Crippen LogP contribution in [0.15, 0.2) is 36.4 Å². The highest BCUT2D eigenvalue weighted by Gasteiger charge is 2.42. The molecule has 3 heteroatoms. The Kier molecular flexibility index (Phi) is 4.24. The Morgan fingerprint density at radius 3 is 2.48 bits per heavy atom. The molecule has 1 amide bonds. The van der Waals surface area contributed by atoms with E-state index in [4.69, 9.17) is 4.74 Å². The number of amides is 1. The standard InChI is InChI=1S/C18H25NO2/c1-7-15(20)19-14-11-9-8-10-13(14)16(12(2)3)21-17(19)18(4,5)6/h8-11,16-17H,2,7H2,1,3-6H3. The maximum atomic E-state index is 12.5. The van der Waals surface area contributed by atoms with Crippen molar-refractivity contribution in [2.24, 2.45) is 5.41 Å². The summed E-state index contributed by atoms with van der Waals surface area (Å²) in [6.07, 6.45) is 0.00929. The second-order valence-electron chi connectivity index (χ2n) is 6.76. The largest absolute Gasteiger partial charge is 0.345 e. The molecule has 0 aliphatic carbocycles. The molecule has 1 heterocycles. The fourth-order valence-electron chi connectivity index (χ4n) is 2.73. The van der Waals surface area contributed by atoms with Crippen LogP contribution < -0.4 is 4.90 Å². The average molecular weight is 287 g/mol. The summed E-state index contributed by atoms with van der Waals surface area (Å²) in [5, 5.41) is 0. The molecule has 2 unspecified atom stereocenters. The van der Waals surface area contributed by atoms with Crippen LogP contribution in [0.2, 0.25) is 0 Å². The molecule has 0 fully saturated rings. The number of ether oxygens (including phenoxy) is 1. The lowest BCUT2D eigenvalue weighted by Gasteiger charge is -2.46. The van der Waals surface area contributed by atoms with Crippen molar-refractivity contribution in [3.63, 3.8) is 0 Å². The lowest BCUT2D eigenvalue weighted by atomic mass is 9.89. The second-order valence-corrected chi connectivity index (χ2v) is 6.76. The van der Waals surface area contributed by atoms with E-state index in [0.717, 1.165) is 16.8 Å². The Morgan fingerprint density at radius 1 is 1.33 bits per heavy atom. The van der Waals surface area contributed by atoms with Crippen LogP contribution in [0.1, 0.15) is 52.7 Å². The number of nitrogens with zero attached hydrogens (tertiary/aromatic N) is 1. The molecule has 0 saturated heterocycles. The summed E-state index contributed by atoms with van der Waals surface area (Å²) in [5.74, 6) is 0.0857. The zero-order valence-corrected chi connectivity index (χ0v) is 13.6. The number of fused-ring (bicyclic) bond motifs is 1. The third kappa shape index (κ3) is 2.88. The van der Waals surface area contributed by atoms with Crippen molar-refractivity contribution >= 4 is 11.6 Å². The highest BCUT2D eigenvalue weighted by Crippen LogP contribution is 2.44. The second kappa shape index (κ2) is 5.64. The highest BCUT2D eigenvalue weighted by atomic mass is 16.5. The third-order valence-electron chi connectivity index (χ3n) is 3.74. The smallest absolute Gasteiger partial charge is 0.228 e. The molecule has 0 radical (unpaired) electrons. The van der Waals surface area contributed by atoms with E-state index < -0.39 is 0 Å². The van der Waals surface area contributed by atoms with Gasteiger partial charge in [0.05, 0.1) is 5.69 Å². The lowest BCUT2D eigenvalue weighted by Crippen LogP contribution is -2.52. The predicted molar refractivity (Wildman–Crippen MR) is 86.1 cm³/mol. The summed E-state index contributed by atoms with van der Waals surface area (Å²) >= 11 is 0. The molecule has 0 bridgehead atoms. The molecule has 2 rings (SSSR count). The molecule has 1 aliphatic rings. The Hall–Kier alpha value is -1.61. The Bertz CT molecular complexity index is 557. The maximum absolute atomic E-state index is 12.5. The SMILES string of the molecule is C=C(C)C1OC(C(C)(C)C)N(C(=O)CC)c2ccccc21. The minimum absolute atomic E-state index is 0.0857. The lowest BCUT2D eigenvalue weighted by molar-refractivity contribution is -0.127. The van der Waals surface area contributed by atoms with E-state index in [-0.39, 0.29) is 23.7 Å². The van der Waals surface area contributed by atoms with Crippen molar-refractivity contribution in [3.05, 3.63) is 42.0 Å².